The lowest BCUT2D eigenvalue weighted by molar-refractivity contribution is -0.385. The second-order valence-electron chi connectivity index (χ2n) is 8.29. The predicted octanol–water partition coefficient (Wildman–Crippen LogP) is 2.51. The van der Waals surface area contributed by atoms with E-state index in [0.717, 1.165) is 36.8 Å². The maximum absolute atomic E-state index is 13.3. The third kappa shape index (κ3) is 7.96. The van der Waals surface area contributed by atoms with Crippen molar-refractivity contribution in [2.24, 2.45) is 5.92 Å². The van der Waals surface area contributed by atoms with Crippen molar-refractivity contribution in [3.05, 3.63) is 63.3 Å². The Morgan fingerprint density at radius 3 is 2.51 bits per heavy atom. The molecule has 1 aromatic heterocycles. The summed E-state index contributed by atoms with van der Waals surface area (Å²) in [5, 5.41) is 16.9. The quantitative estimate of drug-likeness (QED) is 0.256. The molecule has 0 fully saturated rings. The fourth-order valence-corrected chi connectivity index (χ4v) is 3.79. The number of amides is 1. The van der Waals surface area contributed by atoms with E-state index < -0.39 is 41.1 Å². The Balaban J connectivity index is 1.70. The highest BCUT2D eigenvalue weighted by molar-refractivity contribution is 6.00. The summed E-state index contributed by atoms with van der Waals surface area (Å²) < 4.78 is 37.0. The van der Waals surface area contributed by atoms with Crippen molar-refractivity contribution >= 4 is 29.2 Å². The first kappa shape index (κ1) is 27.5. The van der Waals surface area contributed by atoms with Gasteiger partial charge in [0.2, 0.25) is 0 Å². The second-order valence-corrected chi connectivity index (χ2v) is 8.29. The molecule has 1 amide bonds. The number of fused-ring (bicyclic) bond motifs is 1. The van der Waals surface area contributed by atoms with E-state index in [9.17, 15) is 37.7 Å². The first-order valence-corrected chi connectivity index (χ1v) is 11.3. The molecule has 3 N–H and O–H groups in total. The molecule has 0 saturated carbocycles. The summed E-state index contributed by atoms with van der Waals surface area (Å²) in [6.07, 6.45) is -3.21. The molecule has 198 valence electrons. The number of nitrogens with zero attached hydrogens (tertiary/aromatic N) is 2. The van der Waals surface area contributed by atoms with Crippen LogP contribution in [0.15, 0.2) is 36.5 Å². The number of halogens is 3. The minimum atomic E-state index is -5.29. The summed E-state index contributed by atoms with van der Waals surface area (Å²) in [5.74, 6) is -4.76. The Hall–Kier alpha value is -4.07. The molecule has 14 heteroatoms. The van der Waals surface area contributed by atoms with Crippen molar-refractivity contribution in [1.82, 2.24) is 15.8 Å². The highest BCUT2D eigenvalue weighted by Gasteiger charge is 2.42. The minimum absolute atomic E-state index is 0.0662. The van der Waals surface area contributed by atoms with Crippen molar-refractivity contribution in [3.8, 4) is 0 Å². The molecule has 1 aromatic carbocycles. The number of alkyl halides is 3. The first-order valence-electron chi connectivity index (χ1n) is 11.3. The second kappa shape index (κ2) is 12.3. The van der Waals surface area contributed by atoms with Crippen molar-refractivity contribution in [3.63, 3.8) is 0 Å². The van der Waals surface area contributed by atoms with Crippen molar-refractivity contribution < 1.29 is 37.3 Å². The first-order chi connectivity index (χ1) is 17.5. The van der Waals surface area contributed by atoms with Crippen LogP contribution in [-0.4, -0.2) is 53.4 Å². The summed E-state index contributed by atoms with van der Waals surface area (Å²) in [6.45, 7) is 1.67. The average molecular weight is 523 g/mol. The summed E-state index contributed by atoms with van der Waals surface area (Å²) in [5.41, 5.74) is 3.67. The topological polar surface area (TPSA) is 153 Å². The van der Waals surface area contributed by atoms with Gasteiger partial charge in [0.1, 0.15) is 12.0 Å². The molecule has 11 nitrogen and oxygen atoms in total. The van der Waals surface area contributed by atoms with Crippen molar-refractivity contribution in [2.75, 3.05) is 25.0 Å². The number of anilines is 1. The minimum Gasteiger partial charge on any atom is -0.370 e. The van der Waals surface area contributed by atoms with Gasteiger partial charge in [0.05, 0.1) is 4.92 Å². The summed E-state index contributed by atoms with van der Waals surface area (Å²) in [4.78, 5) is 54.2. The number of hydroxylamine groups is 1. The number of carbonyl (C=O) groups is 3. The Labute approximate surface area is 208 Å². The number of nitro groups is 1. The van der Waals surface area contributed by atoms with Gasteiger partial charge in [-0.25, -0.2) is 9.78 Å². The standard InChI is InChI=1S/C23H24F3N5O6/c24-23(25,26)22(34)37-30-20(32)12-17(7-10-28-19-4-3-18(13-29-19)31(35)36)21(33)16-2-1-14-5-8-27-9-6-15(14)11-16/h1-4,11,13,17,27H,5-10,12H2,(H,28,29)(H,30,32). The summed E-state index contributed by atoms with van der Waals surface area (Å²) in [7, 11) is 0. The van der Waals surface area contributed by atoms with Gasteiger partial charge in [0, 0.05) is 30.5 Å². The number of Topliss-reactive ketones (excluding diaryl/α,β-unsaturated/α-hetero) is 1. The maximum atomic E-state index is 13.3. The van der Waals surface area contributed by atoms with Crippen LogP contribution in [0.2, 0.25) is 0 Å². The lowest BCUT2D eigenvalue weighted by Gasteiger charge is -2.17. The SMILES string of the molecule is O=C(CC(CCNc1ccc([N+](=O)[O-])cn1)C(=O)c1ccc2c(c1)CCNCC2)NOC(=O)C(F)(F)F. The number of rotatable bonds is 9. The number of aromatic nitrogens is 1. The zero-order chi connectivity index (χ0) is 27.0. The van der Waals surface area contributed by atoms with E-state index in [-0.39, 0.29) is 24.5 Å². The molecular weight excluding hydrogens is 499 g/mol. The maximum Gasteiger partial charge on any atom is 0.493 e. The van der Waals surface area contributed by atoms with Gasteiger partial charge in [-0.3, -0.25) is 19.7 Å². The molecule has 0 saturated heterocycles. The van der Waals surface area contributed by atoms with Gasteiger partial charge < -0.3 is 15.5 Å². The van der Waals surface area contributed by atoms with E-state index in [2.05, 4.69) is 20.5 Å². The number of hydrogen-bond donors (Lipinski definition) is 3. The van der Waals surface area contributed by atoms with Crippen LogP contribution in [0.5, 0.6) is 0 Å². The summed E-state index contributed by atoms with van der Waals surface area (Å²) in [6, 6.07) is 7.86. The van der Waals surface area contributed by atoms with Gasteiger partial charge in [-0.15, -0.1) is 0 Å². The van der Waals surface area contributed by atoms with Crippen LogP contribution in [0.4, 0.5) is 24.7 Å². The van der Waals surface area contributed by atoms with Crippen LogP contribution < -0.4 is 16.1 Å². The molecule has 0 bridgehead atoms. The molecule has 3 rings (SSSR count). The lowest BCUT2D eigenvalue weighted by Crippen LogP contribution is -2.36. The van der Waals surface area contributed by atoms with Gasteiger partial charge >= 0.3 is 12.1 Å². The normalized spacial score (nSPS) is 14.0. The molecule has 2 heterocycles. The van der Waals surface area contributed by atoms with E-state index in [0.29, 0.717) is 12.0 Å². The fraction of sp³-hybridized carbons (Fsp3) is 0.391. The van der Waals surface area contributed by atoms with E-state index in [1.807, 2.05) is 6.07 Å². The molecule has 37 heavy (non-hydrogen) atoms. The zero-order valence-electron chi connectivity index (χ0n) is 19.5. The molecule has 1 atom stereocenters. The molecule has 1 unspecified atom stereocenters. The lowest BCUT2D eigenvalue weighted by atomic mass is 9.89. The molecule has 0 spiro atoms. The molecule has 0 aliphatic carbocycles. The van der Waals surface area contributed by atoms with Gasteiger partial charge in [0.15, 0.2) is 5.78 Å². The van der Waals surface area contributed by atoms with Crippen LogP contribution in [0.1, 0.15) is 34.3 Å². The van der Waals surface area contributed by atoms with Gasteiger partial charge in [0.25, 0.3) is 11.6 Å². The van der Waals surface area contributed by atoms with Crippen LogP contribution in [0, 0.1) is 16.0 Å². The van der Waals surface area contributed by atoms with Crippen molar-refractivity contribution in [2.45, 2.75) is 31.9 Å². The molecule has 2 aromatic rings. The molecule has 1 aliphatic heterocycles. The summed E-state index contributed by atoms with van der Waals surface area (Å²) >= 11 is 0. The third-order valence-corrected chi connectivity index (χ3v) is 5.68. The predicted molar refractivity (Wildman–Crippen MR) is 123 cm³/mol. The smallest absolute Gasteiger partial charge is 0.370 e. The Bertz CT molecular complexity index is 1160. The largest absolute Gasteiger partial charge is 0.493 e. The molecular formula is C23H24F3N5O6. The molecule has 0 radical (unpaired) electrons. The van der Waals surface area contributed by atoms with E-state index in [1.54, 1.807) is 12.1 Å². The number of pyridine rings is 1. The van der Waals surface area contributed by atoms with Crippen LogP contribution in [0.25, 0.3) is 0 Å². The van der Waals surface area contributed by atoms with E-state index in [1.165, 1.54) is 17.6 Å². The van der Waals surface area contributed by atoms with E-state index >= 15 is 0 Å². The molecule has 1 aliphatic rings. The zero-order valence-corrected chi connectivity index (χ0v) is 19.5. The van der Waals surface area contributed by atoms with Crippen molar-refractivity contribution in [1.29, 1.82) is 0 Å². The van der Waals surface area contributed by atoms with Crippen LogP contribution in [0.3, 0.4) is 0 Å². The Kier molecular flexibility index (Phi) is 9.11. The van der Waals surface area contributed by atoms with Crippen LogP contribution in [-0.2, 0) is 27.3 Å². The van der Waals surface area contributed by atoms with Gasteiger partial charge in [-0.1, -0.05) is 12.1 Å². The third-order valence-electron chi connectivity index (χ3n) is 5.68. The van der Waals surface area contributed by atoms with Gasteiger partial charge in [-0.05, 0) is 55.6 Å². The number of carbonyl (C=O) groups excluding carboxylic acids is 3. The Morgan fingerprint density at radius 2 is 1.86 bits per heavy atom. The highest BCUT2D eigenvalue weighted by Crippen LogP contribution is 2.22. The fourth-order valence-electron chi connectivity index (χ4n) is 3.79. The van der Waals surface area contributed by atoms with Crippen LogP contribution >= 0.6 is 0 Å². The monoisotopic (exact) mass is 523 g/mol. The number of benzene rings is 1. The van der Waals surface area contributed by atoms with Gasteiger partial charge in [-0.2, -0.15) is 18.7 Å². The number of ketones is 1. The highest BCUT2D eigenvalue weighted by atomic mass is 19.4. The van der Waals surface area contributed by atoms with E-state index in [4.69, 9.17) is 0 Å². The number of nitrogens with one attached hydrogen (secondary N) is 3. The Morgan fingerprint density at radius 1 is 1.14 bits per heavy atom. The average Bonchev–Trinajstić information content (AvgIpc) is 3.11. The number of hydrogen-bond acceptors (Lipinski definition) is 9.